The maximum atomic E-state index is 12.4. The molecule has 0 spiro atoms. The number of esters is 3. The van der Waals surface area contributed by atoms with Crippen LogP contribution in [0.3, 0.4) is 0 Å². The summed E-state index contributed by atoms with van der Waals surface area (Å²) in [7, 11) is 0. The van der Waals surface area contributed by atoms with E-state index in [0.717, 1.165) is 16.7 Å². The van der Waals surface area contributed by atoms with Crippen molar-refractivity contribution in [3.05, 3.63) is 71.3 Å². The average molecular weight is 414 g/mol. The lowest BCUT2D eigenvalue weighted by atomic mass is 10.1. The van der Waals surface area contributed by atoms with Gasteiger partial charge in [0.2, 0.25) is 0 Å². The fourth-order valence-electron chi connectivity index (χ4n) is 2.19. The lowest BCUT2D eigenvalue weighted by molar-refractivity contribution is 0.0507. The second-order valence-electron chi connectivity index (χ2n) is 7.33. The summed E-state index contributed by atoms with van der Waals surface area (Å²) in [5.41, 5.74) is 2.83. The first-order chi connectivity index (χ1) is 14.1. The van der Waals surface area contributed by atoms with Gasteiger partial charge in [-0.05, 0) is 39.0 Å². The van der Waals surface area contributed by atoms with Crippen LogP contribution in [0, 0.1) is 0 Å². The van der Waals surface area contributed by atoms with Gasteiger partial charge in [-0.1, -0.05) is 16.7 Å². The molecule has 6 heteroatoms. The predicted octanol–water partition coefficient (Wildman–Crippen LogP) is 5.06. The molecular weight excluding hydrogens is 384 g/mol. The average Bonchev–Trinajstić information content (AvgIpc) is 2.66. The number of benzene rings is 1. The minimum atomic E-state index is -0.649. The summed E-state index contributed by atoms with van der Waals surface area (Å²) in [6.07, 6.45) is 1.55. The van der Waals surface area contributed by atoms with E-state index in [0.29, 0.717) is 19.3 Å². The van der Waals surface area contributed by atoms with E-state index in [1.807, 2.05) is 20.8 Å². The van der Waals surface area contributed by atoms with Crippen molar-refractivity contribution in [2.45, 2.75) is 40.0 Å². The highest BCUT2D eigenvalue weighted by Crippen LogP contribution is 2.16. The zero-order chi connectivity index (χ0) is 22.7. The van der Waals surface area contributed by atoms with Crippen molar-refractivity contribution in [1.29, 1.82) is 0 Å². The van der Waals surface area contributed by atoms with Gasteiger partial charge < -0.3 is 14.2 Å². The molecule has 6 nitrogen and oxygen atoms in total. The molecule has 0 aliphatic carbocycles. The van der Waals surface area contributed by atoms with Gasteiger partial charge in [-0.15, -0.1) is 19.7 Å². The Morgan fingerprint density at radius 1 is 0.600 bits per heavy atom. The third-order valence-electron chi connectivity index (χ3n) is 3.93. The molecule has 1 rings (SSSR count). The Labute approximate surface area is 178 Å². The number of hydrogen-bond acceptors (Lipinski definition) is 6. The van der Waals surface area contributed by atoms with E-state index in [1.165, 1.54) is 18.2 Å². The number of hydrogen-bond donors (Lipinski definition) is 0. The molecule has 1 aromatic rings. The Bertz CT molecular complexity index is 712. The molecule has 0 aliphatic heterocycles. The van der Waals surface area contributed by atoms with Crippen LogP contribution >= 0.6 is 0 Å². The summed E-state index contributed by atoms with van der Waals surface area (Å²) in [5.74, 6) is -1.95. The Balaban J connectivity index is 3.04. The maximum absolute atomic E-state index is 12.4. The first-order valence-electron chi connectivity index (χ1n) is 9.69. The molecule has 0 fully saturated rings. The van der Waals surface area contributed by atoms with Gasteiger partial charge in [0.25, 0.3) is 0 Å². The van der Waals surface area contributed by atoms with Crippen molar-refractivity contribution in [2.24, 2.45) is 0 Å². The highest BCUT2D eigenvalue weighted by molar-refractivity contribution is 6.00. The molecule has 0 N–H and O–H groups in total. The fourth-order valence-corrected chi connectivity index (χ4v) is 2.19. The fraction of sp³-hybridized carbons (Fsp3) is 0.375. The minimum Gasteiger partial charge on any atom is -0.462 e. The van der Waals surface area contributed by atoms with Gasteiger partial charge in [0.05, 0.1) is 36.5 Å². The quantitative estimate of drug-likeness (QED) is 0.270. The third-order valence-corrected chi connectivity index (χ3v) is 3.93. The zero-order valence-corrected chi connectivity index (χ0v) is 18.0. The molecule has 0 heterocycles. The molecule has 0 amide bonds. The topological polar surface area (TPSA) is 78.9 Å². The SMILES string of the molecule is C=C(C)CCOC(=O)c1cc(C(=O)OCCC(=C)C)cc(C(=O)OCCC(=C)C)c1. The van der Waals surface area contributed by atoms with Crippen molar-refractivity contribution in [2.75, 3.05) is 19.8 Å². The lowest BCUT2D eigenvalue weighted by Crippen LogP contribution is -2.14. The predicted molar refractivity (Wildman–Crippen MR) is 116 cm³/mol. The number of carbonyl (C=O) groups is 3. The van der Waals surface area contributed by atoms with E-state index in [2.05, 4.69) is 19.7 Å². The molecule has 0 aromatic heterocycles. The zero-order valence-electron chi connectivity index (χ0n) is 18.0. The normalized spacial score (nSPS) is 10.1. The Morgan fingerprint density at radius 2 is 0.833 bits per heavy atom. The van der Waals surface area contributed by atoms with Crippen molar-refractivity contribution in [3.63, 3.8) is 0 Å². The van der Waals surface area contributed by atoms with Gasteiger partial charge in [-0.3, -0.25) is 0 Å². The van der Waals surface area contributed by atoms with Gasteiger partial charge in [-0.25, -0.2) is 14.4 Å². The highest BCUT2D eigenvalue weighted by Gasteiger charge is 2.19. The van der Waals surface area contributed by atoms with E-state index in [9.17, 15) is 14.4 Å². The summed E-state index contributed by atoms with van der Waals surface area (Å²) in [6.45, 7) is 17.2. The van der Waals surface area contributed by atoms with Crippen LogP contribution in [0.2, 0.25) is 0 Å². The van der Waals surface area contributed by atoms with Crippen LogP contribution in [-0.4, -0.2) is 37.7 Å². The smallest absolute Gasteiger partial charge is 0.338 e. The second-order valence-corrected chi connectivity index (χ2v) is 7.33. The van der Waals surface area contributed by atoms with Gasteiger partial charge in [0.15, 0.2) is 0 Å². The van der Waals surface area contributed by atoms with Crippen molar-refractivity contribution >= 4 is 17.9 Å². The largest absolute Gasteiger partial charge is 0.462 e. The summed E-state index contributed by atoms with van der Waals surface area (Å²) in [5, 5.41) is 0. The third kappa shape index (κ3) is 9.37. The summed E-state index contributed by atoms with van der Waals surface area (Å²) >= 11 is 0. The first kappa shape index (κ1) is 24.9. The van der Waals surface area contributed by atoms with Gasteiger partial charge in [0.1, 0.15) is 0 Å². The molecule has 162 valence electrons. The van der Waals surface area contributed by atoms with Crippen LogP contribution in [-0.2, 0) is 14.2 Å². The van der Waals surface area contributed by atoms with Crippen molar-refractivity contribution in [3.8, 4) is 0 Å². The Morgan fingerprint density at radius 3 is 1.03 bits per heavy atom. The van der Waals surface area contributed by atoms with E-state index < -0.39 is 17.9 Å². The maximum Gasteiger partial charge on any atom is 0.338 e. The molecule has 0 aliphatic rings. The van der Waals surface area contributed by atoms with Gasteiger partial charge >= 0.3 is 17.9 Å². The van der Waals surface area contributed by atoms with E-state index >= 15 is 0 Å². The van der Waals surface area contributed by atoms with Crippen LogP contribution in [0.1, 0.15) is 71.1 Å². The molecule has 0 atom stereocenters. The second kappa shape index (κ2) is 12.4. The minimum absolute atomic E-state index is 0.0675. The molecule has 0 unspecified atom stereocenters. The van der Waals surface area contributed by atoms with Crippen LogP contribution in [0.15, 0.2) is 54.7 Å². The van der Waals surface area contributed by atoms with E-state index in [1.54, 1.807) is 0 Å². The molecule has 0 saturated heterocycles. The monoisotopic (exact) mass is 414 g/mol. The summed E-state index contributed by atoms with van der Waals surface area (Å²) < 4.78 is 15.6. The number of carbonyl (C=O) groups excluding carboxylic acids is 3. The highest BCUT2D eigenvalue weighted by atomic mass is 16.5. The molecule has 0 radical (unpaired) electrons. The number of rotatable bonds is 12. The molecule has 1 aromatic carbocycles. The number of ether oxygens (including phenoxy) is 3. The van der Waals surface area contributed by atoms with Crippen LogP contribution in [0.4, 0.5) is 0 Å². The Hall–Kier alpha value is -3.15. The van der Waals surface area contributed by atoms with Crippen molar-refractivity contribution < 1.29 is 28.6 Å². The summed E-state index contributed by atoms with van der Waals surface area (Å²) in [4.78, 5) is 37.2. The van der Waals surface area contributed by atoms with E-state index in [-0.39, 0.29) is 36.5 Å². The van der Waals surface area contributed by atoms with Crippen molar-refractivity contribution in [1.82, 2.24) is 0 Å². The van der Waals surface area contributed by atoms with Crippen LogP contribution < -0.4 is 0 Å². The van der Waals surface area contributed by atoms with Crippen LogP contribution in [0.5, 0.6) is 0 Å². The van der Waals surface area contributed by atoms with E-state index in [4.69, 9.17) is 14.2 Å². The first-order valence-corrected chi connectivity index (χ1v) is 9.69. The molecule has 0 bridgehead atoms. The Kier molecular flexibility index (Phi) is 10.3. The standard InChI is InChI=1S/C24H30O6/c1-16(2)7-10-28-22(25)19-13-20(23(26)29-11-8-17(3)4)15-21(14-19)24(27)30-12-9-18(5)6/h13-15H,1,3,5,7-12H2,2,4,6H3. The van der Waals surface area contributed by atoms with Gasteiger partial charge in [-0.2, -0.15) is 0 Å². The van der Waals surface area contributed by atoms with Crippen LogP contribution in [0.25, 0.3) is 0 Å². The van der Waals surface area contributed by atoms with Gasteiger partial charge in [0, 0.05) is 19.3 Å². The molecule has 0 saturated carbocycles. The molecule has 30 heavy (non-hydrogen) atoms. The lowest BCUT2D eigenvalue weighted by Gasteiger charge is -2.11. The molecular formula is C24H30O6. The summed E-state index contributed by atoms with van der Waals surface area (Å²) in [6, 6.07) is 4.03.